The standard InChI is InChI=1S/C10H10F3NO4/c1-5-6(3-9(16)17-2)14-8(15)4-7(5)18-10(11,12)13/h4H,3H2,1-2H3,(H,14,15). The van der Waals surface area contributed by atoms with Gasteiger partial charge in [-0.1, -0.05) is 0 Å². The zero-order valence-corrected chi connectivity index (χ0v) is 9.55. The van der Waals surface area contributed by atoms with Gasteiger partial charge in [-0.25, -0.2) is 0 Å². The molecular weight excluding hydrogens is 255 g/mol. The molecule has 1 rings (SSSR count). The van der Waals surface area contributed by atoms with Crippen LogP contribution in [0, 0.1) is 6.92 Å². The van der Waals surface area contributed by atoms with Crippen LogP contribution >= 0.6 is 0 Å². The van der Waals surface area contributed by atoms with Gasteiger partial charge in [-0.15, -0.1) is 13.2 Å². The highest BCUT2D eigenvalue weighted by atomic mass is 19.4. The van der Waals surface area contributed by atoms with Gasteiger partial charge in [0.2, 0.25) is 0 Å². The zero-order chi connectivity index (χ0) is 13.9. The van der Waals surface area contributed by atoms with Crippen molar-refractivity contribution in [2.24, 2.45) is 0 Å². The Bertz CT molecular complexity index is 507. The van der Waals surface area contributed by atoms with Crippen molar-refractivity contribution >= 4 is 5.97 Å². The Balaban J connectivity index is 3.14. The van der Waals surface area contributed by atoms with E-state index in [0.29, 0.717) is 6.07 Å². The highest BCUT2D eigenvalue weighted by Gasteiger charge is 2.32. The van der Waals surface area contributed by atoms with Gasteiger partial charge in [0.15, 0.2) is 0 Å². The highest BCUT2D eigenvalue weighted by molar-refractivity contribution is 5.72. The quantitative estimate of drug-likeness (QED) is 0.836. The second-order valence-corrected chi connectivity index (χ2v) is 3.40. The normalized spacial score (nSPS) is 11.2. The summed E-state index contributed by atoms with van der Waals surface area (Å²) in [6, 6.07) is 0.670. The molecule has 0 aliphatic heterocycles. The number of alkyl halides is 3. The molecule has 5 nitrogen and oxygen atoms in total. The van der Waals surface area contributed by atoms with Crippen LogP contribution in [0.2, 0.25) is 0 Å². The Morgan fingerprint density at radius 1 is 1.44 bits per heavy atom. The molecule has 1 aromatic heterocycles. The molecule has 0 fully saturated rings. The van der Waals surface area contributed by atoms with E-state index >= 15 is 0 Å². The molecule has 1 N–H and O–H groups in total. The molecule has 0 radical (unpaired) electrons. The fourth-order valence-corrected chi connectivity index (χ4v) is 1.28. The molecule has 0 aliphatic rings. The van der Waals surface area contributed by atoms with Gasteiger partial charge in [-0.2, -0.15) is 0 Å². The number of methoxy groups -OCH3 is 1. The molecular formula is C10H10F3NO4. The van der Waals surface area contributed by atoms with E-state index in [2.05, 4.69) is 14.5 Å². The average Bonchev–Trinajstić information content (AvgIpc) is 2.22. The molecule has 0 aromatic carbocycles. The number of nitrogens with one attached hydrogen (secondary N) is 1. The minimum absolute atomic E-state index is 0.0219. The molecule has 100 valence electrons. The molecule has 0 atom stereocenters. The number of H-pyrrole nitrogens is 1. The number of hydrogen-bond donors (Lipinski definition) is 1. The monoisotopic (exact) mass is 265 g/mol. The van der Waals surface area contributed by atoms with Gasteiger partial charge >= 0.3 is 12.3 Å². The number of rotatable bonds is 3. The Labute approximate surface area is 99.5 Å². The van der Waals surface area contributed by atoms with E-state index < -0.39 is 23.6 Å². The Hall–Kier alpha value is -1.99. The van der Waals surface area contributed by atoms with Crippen molar-refractivity contribution in [3.05, 3.63) is 27.7 Å². The zero-order valence-electron chi connectivity index (χ0n) is 9.55. The summed E-state index contributed by atoms with van der Waals surface area (Å²) in [5, 5.41) is 0. The van der Waals surface area contributed by atoms with Gasteiger partial charge < -0.3 is 14.5 Å². The van der Waals surface area contributed by atoms with Gasteiger partial charge in [0, 0.05) is 17.3 Å². The Morgan fingerprint density at radius 2 is 2.06 bits per heavy atom. The van der Waals surface area contributed by atoms with Crippen LogP contribution in [0.15, 0.2) is 10.9 Å². The van der Waals surface area contributed by atoms with Crippen molar-refractivity contribution in [1.82, 2.24) is 4.98 Å². The Kier molecular flexibility index (Phi) is 4.00. The lowest BCUT2D eigenvalue weighted by Crippen LogP contribution is -2.21. The minimum Gasteiger partial charge on any atom is -0.469 e. The first kappa shape index (κ1) is 14.1. The summed E-state index contributed by atoms with van der Waals surface area (Å²) in [6.45, 7) is 1.30. The number of esters is 1. The molecule has 0 saturated carbocycles. The smallest absolute Gasteiger partial charge is 0.469 e. The number of pyridine rings is 1. The third-order valence-electron chi connectivity index (χ3n) is 2.13. The molecule has 1 aromatic rings. The number of carbonyl (C=O) groups is 1. The summed E-state index contributed by atoms with van der Waals surface area (Å²) in [5.74, 6) is -1.32. The van der Waals surface area contributed by atoms with E-state index in [4.69, 9.17) is 0 Å². The first-order valence-electron chi connectivity index (χ1n) is 4.78. The third-order valence-corrected chi connectivity index (χ3v) is 2.13. The van der Waals surface area contributed by atoms with Crippen molar-refractivity contribution in [2.75, 3.05) is 7.11 Å². The maximum absolute atomic E-state index is 12.1. The van der Waals surface area contributed by atoms with Gasteiger partial charge in [0.25, 0.3) is 5.56 Å². The van der Waals surface area contributed by atoms with E-state index in [-0.39, 0.29) is 17.7 Å². The molecule has 0 unspecified atom stereocenters. The van der Waals surface area contributed by atoms with Crippen LogP contribution in [0.3, 0.4) is 0 Å². The lowest BCUT2D eigenvalue weighted by atomic mass is 10.1. The van der Waals surface area contributed by atoms with Crippen molar-refractivity contribution < 1.29 is 27.4 Å². The maximum atomic E-state index is 12.1. The first-order chi connectivity index (χ1) is 8.23. The van der Waals surface area contributed by atoms with E-state index in [1.807, 2.05) is 0 Å². The van der Waals surface area contributed by atoms with Crippen molar-refractivity contribution in [2.45, 2.75) is 19.7 Å². The summed E-state index contributed by atoms with van der Waals surface area (Å²) in [7, 11) is 1.13. The Morgan fingerprint density at radius 3 is 2.56 bits per heavy atom. The molecule has 18 heavy (non-hydrogen) atoms. The summed E-state index contributed by atoms with van der Waals surface area (Å²) in [6.07, 6.45) is -5.24. The van der Waals surface area contributed by atoms with Crippen LogP contribution in [0.1, 0.15) is 11.3 Å². The van der Waals surface area contributed by atoms with E-state index in [1.54, 1.807) is 0 Å². The van der Waals surface area contributed by atoms with E-state index in [1.165, 1.54) is 6.92 Å². The van der Waals surface area contributed by atoms with Gasteiger partial charge in [-0.05, 0) is 6.92 Å². The van der Waals surface area contributed by atoms with Crippen molar-refractivity contribution in [3.63, 3.8) is 0 Å². The number of aromatic amines is 1. The van der Waals surface area contributed by atoms with Crippen LogP contribution in [-0.2, 0) is 16.0 Å². The van der Waals surface area contributed by atoms with Crippen LogP contribution < -0.4 is 10.3 Å². The van der Waals surface area contributed by atoms with Crippen molar-refractivity contribution in [3.8, 4) is 5.75 Å². The summed E-state index contributed by atoms with van der Waals surface area (Å²) >= 11 is 0. The highest BCUT2D eigenvalue weighted by Crippen LogP contribution is 2.25. The predicted molar refractivity (Wildman–Crippen MR) is 54.2 cm³/mol. The number of halogens is 3. The molecule has 0 saturated heterocycles. The third kappa shape index (κ3) is 3.79. The SMILES string of the molecule is COC(=O)Cc1[nH]c(=O)cc(OC(F)(F)F)c1C. The fraction of sp³-hybridized carbons (Fsp3) is 0.400. The summed E-state index contributed by atoms with van der Waals surface area (Å²) in [5.41, 5.74) is -0.746. The van der Waals surface area contributed by atoms with Crippen molar-refractivity contribution in [1.29, 1.82) is 0 Å². The van der Waals surface area contributed by atoms with Gasteiger partial charge in [0.05, 0.1) is 13.5 Å². The predicted octanol–water partition coefficient (Wildman–Crippen LogP) is 1.30. The van der Waals surface area contributed by atoms with Crippen LogP contribution in [-0.4, -0.2) is 24.4 Å². The summed E-state index contributed by atoms with van der Waals surface area (Å²) < 4.78 is 44.3. The van der Waals surface area contributed by atoms with Gasteiger partial charge in [-0.3, -0.25) is 9.59 Å². The summed E-state index contributed by atoms with van der Waals surface area (Å²) in [4.78, 5) is 24.5. The lowest BCUT2D eigenvalue weighted by molar-refractivity contribution is -0.274. The fourth-order valence-electron chi connectivity index (χ4n) is 1.28. The largest absolute Gasteiger partial charge is 0.573 e. The minimum atomic E-state index is -4.90. The first-order valence-corrected chi connectivity index (χ1v) is 4.78. The van der Waals surface area contributed by atoms with Crippen LogP contribution in [0.5, 0.6) is 5.75 Å². The van der Waals surface area contributed by atoms with E-state index in [9.17, 15) is 22.8 Å². The molecule has 0 spiro atoms. The van der Waals surface area contributed by atoms with Crippen LogP contribution in [0.4, 0.5) is 13.2 Å². The number of hydrogen-bond acceptors (Lipinski definition) is 4. The van der Waals surface area contributed by atoms with Crippen LogP contribution in [0.25, 0.3) is 0 Å². The number of ether oxygens (including phenoxy) is 2. The average molecular weight is 265 g/mol. The van der Waals surface area contributed by atoms with Gasteiger partial charge in [0.1, 0.15) is 5.75 Å². The molecule has 1 heterocycles. The molecule has 8 heteroatoms. The topological polar surface area (TPSA) is 68.4 Å². The van der Waals surface area contributed by atoms with E-state index in [0.717, 1.165) is 7.11 Å². The lowest BCUT2D eigenvalue weighted by Gasteiger charge is -2.13. The maximum Gasteiger partial charge on any atom is 0.573 e. The number of carbonyl (C=O) groups excluding carboxylic acids is 1. The second kappa shape index (κ2) is 5.11. The molecule has 0 bridgehead atoms. The number of aromatic nitrogens is 1. The molecule has 0 amide bonds. The molecule has 0 aliphatic carbocycles. The second-order valence-electron chi connectivity index (χ2n) is 3.40.